The van der Waals surface area contributed by atoms with Gasteiger partial charge in [-0.05, 0) is 62.1 Å². The second-order valence-corrected chi connectivity index (χ2v) is 9.32. The zero-order chi connectivity index (χ0) is 25.5. The fourth-order valence-electron chi connectivity index (χ4n) is 5.01. The summed E-state index contributed by atoms with van der Waals surface area (Å²) in [6.45, 7) is 3.05. The molecule has 188 valence electrons. The van der Waals surface area contributed by atoms with Crippen molar-refractivity contribution in [2.24, 2.45) is 5.92 Å². The van der Waals surface area contributed by atoms with Crippen molar-refractivity contribution in [1.82, 2.24) is 14.9 Å². The molecule has 6 nitrogen and oxygen atoms in total. The van der Waals surface area contributed by atoms with Gasteiger partial charge < -0.3 is 14.6 Å². The largest absolute Gasteiger partial charge is 0.471 e. The molecule has 1 aliphatic rings. The number of nitrogens with zero attached hydrogens (tertiary/aromatic N) is 2. The lowest BCUT2D eigenvalue weighted by Crippen LogP contribution is -2.39. The average molecular weight is 490 g/mol. The Hall–Kier alpha value is -3.74. The highest BCUT2D eigenvalue weighted by atomic mass is 19.1. The molecule has 1 saturated carbocycles. The monoisotopic (exact) mass is 489 g/mol. The molecule has 0 aliphatic heterocycles. The van der Waals surface area contributed by atoms with Gasteiger partial charge in [0.25, 0.3) is 12.4 Å². The Morgan fingerprint density at radius 1 is 1.14 bits per heavy atom. The summed E-state index contributed by atoms with van der Waals surface area (Å²) in [6.07, 6.45) is 8.22. The van der Waals surface area contributed by atoms with Crippen LogP contribution >= 0.6 is 0 Å². The van der Waals surface area contributed by atoms with Gasteiger partial charge >= 0.3 is 0 Å². The van der Waals surface area contributed by atoms with Crippen molar-refractivity contribution in [3.05, 3.63) is 77.9 Å². The maximum absolute atomic E-state index is 13.5. The Balaban J connectivity index is 0.000000709. The summed E-state index contributed by atoms with van der Waals surface area (Å²) in [5, 5.41) is 5.08. The fourth-order valence-corrected chi connectivity index (χ4v) is 5.01. The second kappa shape index (κ2) is 11.8. The van der Waals surface area contributed by atoms with Crippen molar-refractivity contribution in [2.45, 2.75) is 51.6 Å². The average Bonchev–Trinajstić information content (AvgIpc) is 3.32. The number of fused-ring (bicyclic) bond motifs is 2. The second-order valence-electron chi connectivity index (χ2n) is 9.32. The number of ether oxygens (including phenoxy) is 1. The van der Waals surface area contributed by atoms with Gasteiger partial charge in [-0.15, -0.1) is 0 Å². The van der Waals surface area contributed by atoms with Crippen LogP contribution in [0.25, 0.3) is 21.8 Å². The molecule has 1 amide bonds. The third-order valence-electron chi connectivity index (χ3n) is 6.89. The molecule has 4 aromatic rings. The molecule has 36 heavy (non-hydrogen) atoms. The third-order valence-corrected chi connectivity index (χ3v) is 6.89. The molecular formula is C29H32FN3O3. The molecule has 5 rings (SSSR count). The van der Waals surface area contributed by atoms with Gasteiger partial charge in [0.05, 0.1) is 35.9 Å². The van der Waals surface area contributed by atoms with Crippen molar-refractivity contribution in [2.75, 3.05) is 7.11 Å². The van der Waals surface area contributed by atoms with Crippen LogP contribution in [-0.4, -0.2) is 35.1 Å². The van der Waals surface area contributed by atoms with Gasteiger partial charge in [0.15, 0.2) is 0 Å². The van der Waals surface area contributed by atoms with Crippen LogP contribution in [0.4, 0.5) is 4.39 Å². The van der Waals surface area contributed by atoms with E-state index in [9.17, 15) is 9.18 Å². The summed E-state index contributed by atoms with van der Waals surface area (Å²) >= 11 is 0. The normalized spacial score (nSPS) is 14.6. The first-order valence-corrected chi connectivity index (χ1v) is 12.4. The topological polar surface area (TPSA) is 73.2 Å². The number of halogens is 1. The number of aromatic nitrogens is 2. The molecule has 0 spiro atoms. The highest BCUT2D eigenvalue weighted by Gasteiger charge is 2.23. The molecule has 0 bridgehead atoms. The van der Waals surface area contributed by atoms with E-state index < -0.39 is 0 Å². The number of hydrogen-bond acceptors (Lipinski definition) is 4. The first kappa shape index (κ1) is 25.4. The number of carbonyl (C=O) groups excluding carboxylic acids is 2. The van der Waals surface area contributed by atoms with E-state index in [0.717, 1.165) is 27.5 Å². The summed E-state index contributed by atoms with van der Waals surface area (Å²) < 4.78 is 19.4. The van der Waals surface area contributed by atoms with Crippen LogP contribution in [0.2, 0.25) is 0 Å². The van der Waals surface area contributed by atoms with E-state index in [-0.39, 0.29) is 17.8 Å². The predicted molar refractivity (Wildman–Crippen MR) is 139 cm³/mol. The Morgan fingerprint density at radius 3 is 2.67 bits per heavy atom. The quantitative estimate of drug-likeness (QED) is 0.344. The summed E-state index contributed by atoms with van der Waals surface area (Å²) in [5.41, 5.74) is 3.24. The number of methoxy groups -OCH3 is 1. The first-order chi connectivity index (χ1) is 17.5. The Bertz CT molecular complexity index is 1340. The fraction of sp³-hybridized carbons (Fsp3) is 0.345. The van der Waals surface area contributed by atoms with Gasteiger partial charge in [-0.25, -0.2) is 4.39 Å². The van der Waals surface area contributed by atoms with E-state index in [1.54, 1.807) is 6.07 Å². The van der Waals surface area contributed by atoms with E-state index in [1.165, 1.54) is 51.3 Å². The van der Waals surface area contributed by atoms with Gasteiger partial charge in [0.1, 0.15) is 5.82 Å². The highest BCUT2D eigenvalue weighted by molar-refractivity contribution is 6.06. The van der Waals surface area contributed by atoms with Crippen LogP contribution in [0.15, 0.2) is 60.8 Å². The van der Waals surface area contributed by atoms with Crippen molar-refractivity contribution < 1.29 is 18.7 Å². The minimum Gasteiger partial charge on any atom is -0.471 e. The van der Waals surface area contributed by atoms with Gasteiger partial charge in [-0.2, -0.15) is 0 Å². The van der Waals surface area contributed by atoms with E-state index in [0.29, 0.717) is 24.5 Å². The number of benzene rings is 2. The number of pyridine rings is 1. The molecule has 1 unspecified atom stereocenters. The molecule has 1 atom stereocenters. The van der Waals surface area contributed by atoms with Gasteiger partial charge in [-0.3, -0.25) is 14.6 Å². The lowest BCUT2D eigenvalue weighted by Gasteiger charge is -2.28. The van der Waals surface area contributed by atoms with E-state index in [4.69, 9.17) is 9.78 Å². The molecular weight excluding hydrogens is 457 g/mol. The number of carbonyl (C=O) groups is 2. The zero-order valence-electron chi connectivity index (χ0n) is 20.7. The molecule has 1 fully saturated rings. The highest BCUT2D eigenvalue weighted by Crippen LogP contribution is 2.27. The van der Waals surface area contributed by atoms with Crippen LogP contribution in [0.5, 0.6) is 0 Å². The molecule has 1 aliphatic carbocycles. The van der Waals surface area contributed by atoms with Crippen molar-refractivity contribution in [3.63, 3.8) is 0 Å². The van der Waals surface area contributed by atoms with Crippen LogP contribution in [0.3, 0.4) is 0 Å². The zero-order valence-corrected chi connectivity index (χ0v) is 20.7. The van der Waals surface area contributed by atoms with Crippen molar-refractivity contribution in [1.29, 1.82) is 0 Å². The molecule has 1 N–H and O–H groups in total. The first-order valence-electron chi connectivity index (χ1n) is 12.4. The maximum Gasteiger partial charge on any atom is 0.292 e. The molecule has 2 heterocycles. The van der Waals surface area contributed by atoms with Gasteiger partial charge in [0.2, 0.25) is 0 Å². The third kappa shape index (κ3) is 5.90. The van der Waals surface area contributed by atoms with E-state index in [1.807, 2.05) is 42.6 Å². The van der Waals surface area contributed by atoms with Gasteiger partial charge in [0, 0.05) is 23.0 Å². The van der Waals surface area contributed by atoms with Crippen LogP contribution < -0.4 is 5.32 Å². The van der Waals surface area contributed by atoms with Crippen molar-refractivity contribution in [3.8, 4) is 0 Å². The Morgan fingerprint density at radius 2 is 1.92 bits per heavy atom. The van der Waals surface area contributed by atoms with Crippen LogP contribution in [0.1, 0.15) is 55.1 Å². The minimum atomic E-state index is -0.262. The Kier molecular flexibility index (Phi) is 8.31. The van der Waals surface area contributed by atoms with E-state index in [2.05, 4.69) is 21.5 Å². The smallest absolute Gasteiger partial charge is 0.292 e. The molecule has 0 radical (unpaired) electrons. The number of para-hydroxylation sites is 1. The Labute approximate surface area is 210 Å². The summed E-state index contributed by atoms with van der Waals surface area (Å²) in [6, 6.07) is 16.5. The lowest BCUT2D eigenvalue weighted by atomic mass is 9.84. The molecule has 2 aromatic heterocycles. The minimum absolute atomic E-state index is 0.0180. The van der Waals surface area contributed by atoms with Gasteiger partial charge in [-0.1, -0.05) is 37.5 Å². The van der Waals surface area contributed by atoms with E-state index >= 15 is 0 Å². The van der Waals surface area contributed by atoms with Crippen LogP contribution in [-0.2, 0) is 16.1 Å². The summed E-state index contributed by atoms with van der Waals surface area (Å²) in [4.78, 5) is 26.9. The number of amides is 1. The number of hydrogen-bond donors (Lipinski definition) is 1. The summed E-state index contributed by atoms with van der Waals surface area (Å²) in [5.74, 6) is 0.280. The SMILES string of the molecule is CC(NC(=O)c1cccc2ccn(Cc3ccc4cc(F)ccc4n3)c12)C1CCCCC1.COC=O. The molecule has 0 saturated heterocycles. The number of nitrogens with one attached hydrogen (secondary N) is 1. The lowest BCUT2D eigenvalue weighted by molar-refractivity contribution is -0.126. The van der Waals surface area contributed by atoms with Crippen molar-refractivity contribution >= 4 is 34.2 Å². The predicted octanol–water partition coefficient (Wildman–Crippen LogP) is 5.86. The molecule has 7 heteroatoms. The summed E-state index contributed by atoms with van der Waals surface area (Å²) in [7, 11) is 1.31. The van der Waals surface area contributed by atoms with Crippen LogP contribution in [0, 0.1) is 11.7 Å². The number of rotatable bonds is 6. The molecule has 2 aromatic carbocycles. The maximum atomic E-state index is 13.5. The standard InChI is InChI=1S/C27H28FN3O.C2H4O2/c1-18(19-6-3-2-4-7-19)29-27(32)24-9-5-8-20-14-15-31(26(20)24)17-23-12-10-21-16-22(28)11-13-25(21)30-23;1-4-2-3/h5,8-16,18-19H,2-4,6-7,17H2,1H3,(H,29,32);2H,1H3.